The molecular formula is C11H14N2O2. The third-order valence-electron chi connectivity index (χ3n) is 2.30. The fraction of sp³-hybridized carbons (Fsp3) is 0.364. The Kier molecular flexibility index (Phi) is 2.16. The van der Waals surface area contributed by atoms with Gasteiger partial charge < -0.3 is 5.73 Å². The second kappa shape index (κ2) is 3.24. The van der Waals surface area contributed by atoms with E-state index in [2.05, 4.69) is 0 Å². The molecule has 1 fully saturated rings. The van der Waals surface area contributed by atoms with Gasteiger partial charge in [-0.05, 0) is 26.0 Å². The molecule has 1 saturated heterocycles. The minimum atomic E-state index is -0.445. The van der Waals surface area contributed by atoms with Gasteiger partial charge in [0.2, 0.25) is 0 Å². The number of carbonyl (C=O) groups excluding carboxylic acids is 1. The van der Waals surface area contributed by atoms with Crippen LogP contribution in [0.15, 0.2) is 24.3 Å². The predicted molar refractivity (Wildman–Crippen MR) is 58.1 cm³/mol. The van der Waals surface area contributed by atoms with Gasteiger partial charge in [0.15, 0.2) is 0 Å². The Balaban J connectivity index is 2.34. The zero-order valence-corrected chi connectivity index (χ0v) is 8.86. The van der Waals surface area contributed by atoms with E-state index in [1.807, 2.05) is 26.0 Å². The number of para-hydroxylation sites is 2. The van der Waals surface area contributed by atoms with E-state index in [0.717, 1.165) is 0 Å². The van der Waals surface area contributed by atoms with Crippen molar-refractivity contribution in [1.82, 2.24) is 0 Å². The monoisotopic (exact) mass is 206 g/mol. The van der Waals surface area contributed by atoms with E-state index in [4.69, 9.17) is 10.6 Å². The highest BCUT2D eigenvalue weighted by atomic mass is 16.7. The maximum atomic E-state index is 11.7. The molecule has 4 heteroatoms. The number of hydrogen-bond acceptors (Lipinski definition) is 3. The molecule has 1 aromatic rings. The van der Waals surface area contributed by atoms with E-state index in [1.54, 1.807) is 12.1 Å². The molecule has 0 aromatic heterocycles. The molecule has 0 atom stereocenters. The standard InChI is InChI=1S/C11H14N2O2/c1-11(2)7-10(14)13(15-11)9-6-4-3-5-8(9)12/h3-6H,7,12H2,1-2H3. The van der Waals surface area contributed by atoms with Crippen LogP contribution in [0, 0.1) is 0 Å². The summed E-state index contributed by atoms with van der Waals surface area (Å²) in [5.74, 6) is -0.0575. The smallest absolute Gasteiger partial charge is 0.253 e. The van der Waals surface area contributed by atoms with Gasteiger partial charge in [-0.15, -0.1) is 0 Å². The molecule has 15 heavy (non-hydrogen) atoms. The summed E-state index contributed by atoms with van der Waals surface area (Å²) in [6.07, 6.45) is 0.376. The number of nitrogens with two attached hydrogens (primary N) is 1. The average Bonchev–Trinajstić information content (AvgIpc) is 2.40. The van der Waals surface area contributed by atoms with E-state index in [-0.39, 0.29) is 5.91 Å². The van der Waals surface area contributed by atoms with Crippen LogP contribution < -0.4 is 10.8 Å². The van der Waals surface area contributed by atoms with Crippen molar-refractivity contribution in [2.75, 3.05) is 10.8 Å². The number of benzene rings is 1. The molecule has 0 radical (unpaired) electrons. The van der Waals surface area contributed by atoms with Crippen LogP contribution in [0.4, 0.5) is 11.4 Å². The lowest BCUT2D eigenvalue weighted by atomic mass is 10.1. The molecule has 1 heterocycles. The van der Waals surface area contributed by atoms with Gasteiger partial charge in [-0.25, -0.2) is 0 Å². The number of amides is 1. The largest absolute Gasteiger partial charge is 0.397 e. The second-order valence-corrected chi connectivity index (χ2v) is 4.27. The molecule has 1 aromatic carbocycles. The van der Waals surface area contributed by atoms with Crippen LogP contribution in [0.5, 0.6) is 0 Å². The van der Waals surface area contributed by atoms with Crippen molar-refractivity contribution in [3.05, 3.63) is 24.3 Å². The van der Waals surface area contributed by atoms with E-state index in [9.17, 15) is 4.79 Å². The molecular weight excluding hydrogens is 192 g/mol. The highest BCUT2D eigenvalue weighted by Crippen LogP contribution is 2.33. The van der Waals surface area contributed by atoms with E-state index in [1.165, 1.54) is 5.06 Å². The summed E-state index contributed by atoms with van der Waals surface area (Å²) >= 11 is 0. The summed E-state index contributed by atoms with van der Waals surface area (Å²) in [7, 11) is 0. The molecule has 1 aliphatic heterocycles. The van der Waals surface area contributed by atoms with Crippen molar-refractivity contribution in [3.63, 3.8) is 0 Å². The topological polar surface area (TPSA) is 55.6 Å². The molecule has 0 saturated carbocycles. The lowest BCUT2D eigenvalue weighted by molar-refractivity contribution is -0.119. The van der Waals surface area contributed by atoms with E-state index >= 15 is 0 Å². The molecule has 80 valence electrons. The van der Waals surface area contributed by atoms with Gasteiger partial charge in [0.05, 0.1) is 17.8 Å². The third kappa shape index (κ3) is 1.80. The number of carbonyl (C=O) groups is 1. The Labute approximate surface area is 88.6 Å². The van der Waals surface area contributed by atoms with E-state index < -0.39 is 5.60 Å². The molecule has 0 spiro atoms. The van der Waals surface area contributed by atoms with Crippen LogP contribution in [-0.2, 0) is 9.63 Å². The van der Waals surface area contributed by atoms with Crippen molar-refractivity contribution in [2.24, 2.45) is 0 Å². The number of anilines is 2. The Morgan fingerprint density at radius 1 is 1.40 bits per heavy atom. The van der Waals surface area contributed by atoms with Gasteiger partial charge in [0, 0.05) is 0 Å². The van der Waals surface area contributed by atoms with Crippen LogP contribution in [0.3, 0.4) is 0 Å². The Hall–Kier alpha value is -1.55. The second-order valence-electron chi connectivity index (χ2n) is 4.27. The Morgan fingerprint density at radius 2 is 2.07 bits per heavy atom. The SMILES string of the molecule is CC1(C)CC(=O)N(c2ccccc2N)O1. The molecule has 0 bridgehead atoms. The number of hydroxylamine groups is 1. The van der Waals surface area contributed by atoms with Crippen molar-refractivity contribution < 1.29 is 9.63 Å². The fourth-order valence-electron chi connectivity index (χ4n) is 1.62. The summed E-state index contributed by atoms with van der Waals surface area (Å²) in [5.41, 5.74) is 6.50. The predicted octanol–water partition coefficient (Wildman–Crippen LogP) is 1.72. The van der Waals surface area contributed by atoms with E-state index in [0.29, 0.717) is 17.8 Å². The fourth-order valence-corrected chi connectivity index (χ4v) is 1.62. The van der Waals surface area contributed by atoms with Crippen LogP contribution in [0.1, 0.15) is 20.3 Å². The highest BCUT2D eigenvalue weighted by Gasteiger charge is 2.38. The first-order chi connectivity index (χ1) is 6.99. The van der Waals surface area contributed by atoms with Gasteiger partial charge in [-0.3, -0.25) is 9.63 Å². The minimum absolute atomic E-state index is 0.0575. The highest BCUT2D eigenvalue weighted by molar-refractivity contribution is 5.96. The van der Waals surface area contributed by atoms with Gasteiger partial charge in [0.25, 0.3) is 5.91 Å². The maximum Gasteiger partial charge on any atom is 0.253 e. The normalized spacial score (nSPS) is 19.6. The van der Waals surface area contributed by atoms with Crippen molar-refractivity contribution in [2.45, 2.75) is 25.9 Å². The molecule has 0 aliphatic carbocycles. The number of nitrogens with zero attached hydrogens (tertiary/aromatic N) is 1. The molecule has 1 amide bonds. The first-order valence-electron chi connectivity index (χ1n) is 4.86. The van der Waals surface area contributed by atoms with Crippen molar-refractivity contribution in [3.8, 4) is 0 Å². The lowest BCUT2D eigenvalue weighted by Crippen LogP contribution is -2.26. The zero-order chi connectivity index (χ0) is 11.1. The summed E-state index contributed by atoms with van der Waals surface area (Å²) in [6.45, 7) is 3.76. The summed E-state index contributed by atoms with van der Waals surface area (Å²) < 4.78 is 0. The first-order valence-corrected chi connectivity index (χ1v) is 4.86. The van der Waals surface area contributed by atoms with Gasteiger partial charge in [-0.2, -0.15) is 5.06 Å². The summed E-state index contributed by atoms with van der Waals surface area (Å²) in [6, 6.07) is 7.17. The van der Waals surface area contributed by atoms with Crippen molar-refractivity contribution >= 4 is 17.3 Å². The van der Waals surface area contributed by atoms with Gasteiger partial charge in [-0.1, -0.05) is 12.1 Å². The minimum Gasteiger partial charge on any atom is -0.397 e. The Morgan fingerprint density at radius 3 is 2.60 bits per heavy atom. The molecule has 2 rings (SSSR count). The van der Waals surface area contributed by atoms with Crippen LogP contribution in [0.2, 0.25) is 0 Å². The molecule has 2 N–H and O–H groups in total. The number of rotatable bonds is 1. The molecule has 0 unspecified atom stereocenters. The van der Waals surface area contributed by atoms with Crippen LogP contribution in [0.25, 0.3) is 0 Å². The average molecular weight is 206 g/mol. The van der Waals surface area contributed by atoms with Crippen molar-refractivity contribution in [1.29, 1.82) is 0 Å². The maximum absolute atomic E-state index is 11.7. The van der Waals surface area contributed by atoms with Crippen LogP contribution >= 0.6 is 0 Å². The quantitative estimate of drug-likeness (QED) is 0.712. The Bertz CT molecular complexity index is 401. The molecule has 4 nitrogen and oxygen atoms in total. The third-order valence-corrected chi connectivity index (χ3v) is 2.30. The number of hydrogen-bond donors (Lipinski definition) is 1. The van der Waals surface area contributed by atoms with Crippen LogP contribution in [-0.4, -0.2) is 11.5 Å². The number of nitrogen functional groups attached to an aromatic ring is 1. The molecule has 1 aliphatic rings. The first kappa shape index (κ1) is 9.98. The summed E-state index contributed by atoms with van der Waals surface area (Å²) in [5, 5.41) is 1.29. The van der Waals surface area contributed by atoms with Gasteiger partial charge in [0.1, 0.15) is 5.60 Å². The van der Waals surface area contributed by atoms with Gasteiger partial charge >= 0.3 is 0 Å². The summed E-state index contributed by atoms with van der Waals surface area (Å²) in [4.78, 5) is 17.2. The lowest BCUT2D eigenvalue weighted by Gasteiger charge is -2.20. The zero-order valence-electron chi connectivity index (χ0n) is 8.86.